The fourth-order valence-corrected chi connectivity index (χ4v) is 1.83. The van der Waals surface area contributed by atoms with Crippen LogP contribution in [0, 0.1) is 0 Å². The van der Waals surface area contributed by atoms with Crippen LogP contribution in [-0.2, 0) is 4.74 Å². The van der Waals surface area contributed by atoms with E-state index >= 15 is 0 Å². The first-order valence-electron chi connectivity index (χ1n) is 6.40. The average molecular weight is 301 g/mol. The van der Waals surface area contributed by atoms with Gasteiger partial charge in [-0.15, -0.1) is 0 Å². The molecule has 112 valence electrons. The van der Waals surface area contributed by atoms with Crippen molar-refractivity contribution in [3.8, 4) is 0 Å². The molecule has 0 aromatic heterocycles. The Balaban J connectivity index is 2.91. The van der Waals surface area contributed by atoms with Crippen LogP contribution < -0.4 is 11.1 Å². The summed E-state index contributed by atoms with van der Waals surface area (Å²) in [7, 11) is 0. The number of anilines is 1. The fourth-order valence-electron chi connectivity index (χ4n) is 1.65. The summed E-state index contributed by atoms with van der Waals surface area (Å²) < 4.78 is 5.18. The van der Waals surface area contributed by atoms with Crippen LogP contribution in [0.3, 0.4) is 0 Å². The van der Waals surface area contributed by atoms with Crippen LogP contribution in [0.15, 0.2) is 18.2 Å². The molecular formula is C14H21ClN2O3. The number of carbonyl (C=O) groups is 1. The number of aliphatic hydroxyl groups excluding tert-OH is 1. The second-order valence-electron chi connectivity index (χ2n) is 5.45. The van der Waals surface area contributed by atoms with E-state index in [1.165, 1.54) is 0 Å². The average Bonchev–Trinajstić information content (AvgIpc) is 2.29. The molecule has 0 aliphatic heterocycles. The normalized spacial score (nSPS) is 12.9. The minimum absolute atomic E-state index is 0.333. The molecule has 0 heterocycles. The fraction of sp³-hybridized carbons (Fsp3) is 0.500. The van der Waals surface area contributed by atoms with E-state index in [9.17, 15) is 9.90 Å². The van der Waals surface area contributed by atoms with Crippen molar-refractivity contribution in [3.63, 3.8) is 0 Å². The molecule has 0 saturated carbocycles. The van der Waals surface area contributed by atoms with Gasteiger partial charge in [-0.05, 0) is 51.9 Å². The molecule has 0 aliphatic carbocycles. The lowest BCUT2D eigenvalue weighted by Crippen LogP contribution is -2.27. The number of benzene rings is 1. The SMILES string of the molecule is CC(C)(C)OC(=O)Nc1ccc(Cl)cc1[C@@H](O)CCN. The highest BCUT2D eigenvalue weighted by molar-refractivity contribution is 6.30. The highest BCUT2D eigenvalue weighted by Gasteiger charge is 2.19. The predicted molar refractivity (Wildman–Crippen MR) is 79.9 cm³/mol. The molecular weight excluding hydrogens is 280 g/mol. The second-order valence-corrected chi connectivity index (χ2v) is 5.89. The molecule has 4 N–H and O–H groups in total. The van der Waals surface area contributed by atoms with Gasteiger partial charge in [0.25, 0.3) is 0 Å². The summed E-state index contributed by atoms with van der Waals surface area (Å²) in [5, 5.41) is 13.1. The summed E-state index contributed by atoms with van der Waals surface area (Å²) in [5.41, 5.74) is 5.83. The first kappa shape index (κ1) is 16.8. The molecule has 0 saturated heterocycles. The Labute approximate surface area is 124 Å². The predicted octanol–water partition coefficient (Wildman–Crippen LogP) is 3.07. The second kappa shape index (κ2) is 6.92. The highest BCUT2D eigenvalue weighted by atomic mass is 35.5. The van der Waals surface area contributed by atoms with Gasteiger partial charge in [-0.25, -0.2) is 4.79 Å². The smallest absolute Gasteiger partial charge is 0.412 e. The zero-order valence-electron chi connectivity index (χ0n) is 11.9. The van der Waals surface area contributed by atoms with Crippen molar-refractivity contribution in [1.82, 2.24) is 0 Å². The molecule has 0 unspecified atom stereocenters. The molecule has 1 aromatic carbocycles. The topological polar surface area (TPSA) is 84.6 Å². The van der Waals surface area contributed by atoms with Gasteiger partial charge in [-0.3, -0.25) is 5.32 Å². The van der Waals surface area contributed by atoms with Crippen molar-refractivity contribution >= 4 is 23.4 Å². The minimum Gasteiger partial charge on any atom is -0.444 e. The number of nitrogens with one attached hydrogen (secondary N) is 1. The summed E-state index contributed by atoms with van der Waals surface area (Å²) in [6.07, 6.45) is -0.992. The van der Waals surface area contributed by atoms with E-state index in [2.05, 4.69) is 5.32 Å². The minimum atomic E-state index is -0.788. The Morgan fingerprint density at radius 3 is 2.70 bits per heavy atom. The van der Waals surface area contributed by atoms with E-state index in [4.69, 9.17) is 22.1 Å². The summed E-state index contributed by atoms with van der Waals surface area (Å²) in [5.74, 6) is 0. The van der Waals surface area contributed by atoms with Crippen LogP contribution in [-0.4, -0.2) is 23.3 Å². The van der Waals surface area contributed by atoms with Gasteiger partial charge >= 0.3 is 6.09 Å². The van der Waals surface area contributed by atoms with Crippen LogP contribution in [0.1, 0.15) is 38.9 Å². The molecule has 0 bridgehead atoms. The highest BCUT2D eigenvalue weighted by Crippen LogP contribution is 2.28. The number of hydrogen-bond acceptors (Lipinski definition) is 4. The third-order valence-corrected chi connectivity index (χ3v) is 2.68. The number of amides is 1. The van der Waals surface area contributed by atoms with E-state index in [1.54, 1.807) is 39.0 Å². The number of nitrogens with two attached hydrogens (primary N) is 1. The largest absolute Gasteiger partial charge is 0.444 e. The van der Waals surface area contributed by atoms with E-state index in [-0.39, 0.29) is 0 Å². The van der Waals surface area contributed by atoms with Gasteiger partial charge in [0.2, 0.25) is 0 Å². The van der Waals surface area contributed by atoms with Gasteiger partial charge in [0.15, 0.2) is 0 Å². The number of aliphatic hydroxyl groups is 1. The van der Waals surface area contributed by atoms with Crippen LogP contribution in [0.5, 0.6) is 0 Å². The lowest BCUT2D eigenvalue weighted by Gasteiger charge is -2.21. The van der Waals surface area contributed by atoms with Crippen molar-refractivity contribution in [2.45, 2.75) is 38.9 Å². The third kappa shape index (κ3) is 5.36. The van der Waals surface area contributed by atoms with Crippen LogP contribution in [0.2, 0.25) is 5.02 Å². The molecule has 0 aliphatic rings. The number of rotatable bonds is 4. The number of halogens is 1. The van der Waals surface area contributed by atoms with Crippen molar-refractivity contribution in [2.24, 2.45) is 5.73 Å². The molecule has 1 rings (SSSR count). The van der Waals surface area contributed by atoms with Crippen molar-refractivity contribution < 1.29 is 14.6 Å². The summed E-state index contributed by atoms with van der Waals surface area (Å²) in [4.78, 5) is 11.8. The zero-order valence-corrected chi connectivity index (χ0v) is 12.7. The lowest BCUT2D eigenvalue weighted by atomic mass is 10.0. The van der Waals surface area contributed by atoms with Gasteiger partial charge < -0.3 is 15.6 Å². The Morgan fingerprint density at radius 1 is 1.50 bits per heavy atom. The van der Waals surface area contributed by atoms with Crippen molar-refractivity contribution in [1.29, 1.82) is 0 Å². The molecule has 20 heavy (non-hydrogen) atoms. The lowest BCUT2D eigenvalue weighted by molar-refractivity contribution is 0.0635. The maximum absolute atomic E-state index is 11.8. The van der Waals surface area contributed by atoms with E-state index in [0.29, 0.717) is 29.2 Å². The van der Waals surface area contributed by atoms with Gasteiger partial charge in [0.05, 0.1) is 6.10 Å². The molecule has 1 atom stereocenters. The molecule has 1 aromatic rings. The van der Waals surface area contributed by atoms with Crippen LogP contribution in [0.4, 0.5) is 10.5 Å². The first-order valence-corrected chi connectivity index (χ1v) is 6.78. The van der Waals surface area contributed by atoms with Gasteiger partial charge in [-0.1, -0.05) is 11.6 Å². The molecule has 0 radical (unpaired) electrons. The van der Waals surface area contributed by atoms with Gasteiger partial charge in [0.1, 0.15) is 5.60 Å². The Bertz CT molecular complexity index is 472. The van der Waals surface area contributed by atoms with E-state index < -0.39 is 17.8 Å². The first-order chi connectivity index (χ1) is 9.23. The number of carbonyl (C=O) groups excluding carboxylic acids is 1. The standard InChI is InChI=1S/C14H21ClN2O3/c1-14(2,3)20-13(19)17-11-5-4-9(15)8-10(11)12(18)6-7-16/h4-5,8,12,18H,6-7,16H2,1-3H3,(H,17,19)/t12-/m0/s1. The van der Waals surface area contributed by atoms with Crippen molar-refractivity contribution in [2.75, 3.05) is 11.9 Å². The number of ether oxygens (including phenoxy) is 1. The maximum atomic E-state index is 11.8. The monoisotopic (exact) mass is 300 g/mol. The summed E-state index contributed by atoms with van der Waals surface area (Å²) in [6.45, 7) is 5.66. The summed E-state index contributed by atoms with van der Waals surface area (Å²) >= 11 is 5.92. The Hall–Kier alpha value is -1.30. The van der Waals surface area contributed by atoms with Gasteiger partial charge in [0, 0.05) is 16.3 Å². The van der Waals surface area contributed by atoms with E-state index in [0.717, 1.165) is 0 Å². The zero-order chi connectivity index (χ0) is 15.3. The van der Waals surface area contributed by atoms with Gasteiger partial charge in [-0.2, -0.15) is 0 Å². The molecule has 6 heteroatoms. The quantitative estimate of drug-likeness (QED) is 0.798. The maximum Gasteiger partial charge on any atom is 0.412 e. The molecule has 0 spiro atoms. The molecule has 0 fully saturated rings. The number of hydrogen-bond donors (Lipinski definition) is 3. The Morgan fingerprint density at radius 2 is 2.15 bits per heavy atom. The summed E-state index contributed by atoms with van der Waals surface area (Å²) in [6, 6.07) is 4.86. The van der Waals surface area contributed by atoms with Crippen molar-refractivity contribution in [3.05, 3.63) is 28.8 Å². The molecule has 1 amide bonds. The molecule has 5 nitrogen and oxygen atoms in total. The van der Waals surface area contributed by atoms with Crippen LogP contribution >= 0.6 is 11.6 Å². The van der Waals surface area contributed by atoms with Crippen LogP contribution in [0.25, 0.3) is 0 Å². The van der Waals surface area contributed by atoms with E-state index in [1.807, 2.05) is 0 Å². The third-order valence-electron chi connectivity index (χ3n) is 2.45. The Kier molecular flexibility index (Phi) is 5.80.